The fraction of sp³-hybridized carbons (Fsp3) is 0.381. The lowest BCUT2D eigenvalue weighted by molar-refractivity contribution is -0.151. The number of carboxylic acids is 1. The summed E-state index contributed by atoms with van der Waals surface area (Å²) >= 11 is 1.72. The topological polar surface area (TPSA) is 77.9 Å². The van der Waals surface area contributed by atoms with Crippen LogP contribution in [0, 0.1) is 0 Å². The van der Waals surface area contributed by atoms with E-state index in [0.717, 1.165) is 17.5 Å². The number of benzene rings is 1. The molecule has 3 heterocycles. The second-order valence-electron chi connectivity index (χ2n) is 7.28. The molecule has 1 N–H and O–H groups in total. The maximum Gasteiger partial charge on any atom is 0.326 e. The molecule has 6 nitrogen and oxygen atoms in total. The number of aliphatic carboxylic acids is 1. The first-order valence-electron chi connectivity index (χ1n) is 9.45. The first kappa shape index (κ1) is 18.7. The average Bonchev–Trinajstić information content (AvgIpc) is 3.18. The maximum absolute atomic E-state index is 12.8. The highest BCUT2D eigenvalue weighted by Gasteiger charge is 2.34. The van der Waals surface area contributed by atoms with Gasteiger partial charge in [-0.3, -0.25) is 9.59 Å². The summed E-state index contributed by atoms with van der Waals surface area (Å²) in [5, 5.41) is 11.6. The highest BCUT2D eigenvalue weighted by molar-refractivity contribution is 7.10. The Morgan fingerprint density at radius 1 is 1.00 bits per heavy atom. The second kappa shape index (κ2) is 7.75. The van der Waals surface area contributed by atoms with Crippen molar-refractivity contribution in [3.8, 4) is 0 Å². The molecule has 0 aliphatic carbocycles. The fourth-order valence-electron chi connectivity index (χ4n) is 3.98. The van der Waals surface area contributed by atoms with Crippen molar-refractivity contribution in [1.29, 1.82) is 0 Å². The van der Waals surface area contributed by atoms with Gasteiger partial charge in [0, 0.05) is 43.8 Å². The minimum atomic E-state index is -1.00. The van der Waals surface area contributed by atoms with Crippen LogP contribution in [0.5, 0.6) is 0 Å². The standard InChI is InChI=1S/C21H22N2O4S/c24-19(22-9-7-18-16(12-22)8-10-28-18)5-6-20(25)23-13-15-4-2-1-3-14(15)11-17(23)21(26)27/h1-4,8,10,17H,5-7,9,11-13H2,(H,26,27). The molecule has 4 rings (SSSR count). The first-order chi connectivity index (χ1) is 13.5. The molecular formula is C21H22N2O4S. The number of amides is 2. The Bertz CT molecular complexity index is 923. The van der Waals surface area contributed by atoms with Crippen LogP contribution in [0.2, 0.25) is 0 Å². The van der Waals surface area contributed by atoms with Crippen LogP contribution >= 0.6 is 11.3 Å². The van der Waals surface area contributed by atoms with Crippen molar-refractivity contribution in [3.63, 3.8) is 0 Å². The quantitative estimate of drug-likeness (QED) is 0.858. The van der Waals surface area contributed by atoms with E-state index in [-0.39, 0.29) is 31.2 Å². The zero-order chi connectivity index (χ0) is 19.7. The Labute approximate surface area is 167 Å². The summed E-state index contributed by atoms with van der Waals surface area (Å²) in [6.07, 6.45) is 1.31. The van der Waals surface area contributed by atoms with E-state index in [4.69, 9.17) is 0 Å². The van der Waals surface area contributed by atoms with E-state index in [2.05, 4.69) is 0 Å². The molecule has 2 aromatic rings. The molecule has 2 aliphatic rings. The molecule has 2 aliphatic heterocycles. The Balaban J connectivity index is 1.39. The van der Waals surface area contributed by atoms with E-state index in [1.54, 1.807) is 16.2 Å². The molecule has 28 heavy (non-hydrogen) atoms. The van der Waals surface area contributed by atoms with Crippen LogP contribution in [-0.2, 0) is 40.3 Å². The van der Waals surface area contributed by atoms with E-state index < -0.39 is 12.0 Å². The van der Waals surface area contributed by atoms with Gasteiger partial charge in [-0.25, -0.2) is 4.79 Å². The molecule has 1 aromatic heterocycles. The van der Waals surface area contributed by atoms with Crippen molar-refractivity contribution in [1.82, 2.24) is 9.80 Å². The molecule has 0 spiro atoms. The molecule has 1 atom stereocenters. The van der Waals surface area contributed by atoms with Crippen LogP contribution in [0.15, 0.2) is 35.7 Å². The number of thiophene rings is 1. The van der Waals surface area contributed by atoms with E-state index in [0.29, 0.717) is 19.5 Å². The van der Waals surface area contributed by atoms with Gasteiger partial charge in [0.05, 0.1) is 0 Å². The summed E-state index contributed by atoms with van der Waals surface area (Å²) < 4.78 is 0. The molecule has 2 amide bonds. The number of hydrogen-bond acceptors (Lipinski definition) is 4. The van der Waals surface area contributed by atoms with Gasteiger partial charge in [0.15, 0.2) is 0 Å². The predicted molar refractivity (Wildman–Crippen MR) is 105 cm³/mol. The van der Waals surface area contributed by atoms with E-state index >= 15 is 0 Å². The van der Waals surface area contributed by atoms with Crippen LogP contribution in [-0.4, -0.2) is 45.3 Å². The SMILES string of the molecule is O=C(O)C1Cc2ccccc2CN1C(=O)CCC(=O)N1CCc2sccc2C1. The molecule has 1 unspecified atom stereocenters. The van der Waals surface area contributed by atoms with Gasteiger partial charge in [0.25, 0.3) is 0 Å². The fourth-order valence-corrected chi connectivity index (χ4v) is 4.87. The molecule has 0 saturated heterocycles. The van der Waals surface area contributed by atoms with Crippen molar-refractivity contribution in [2.45, 2.75) is 44.8 Å². The number of carboxylic acid groups (broad SMARTS) is 1. The third-order valence-electron chi connectivity index (χ3n) is 5.57. The molecular weight excluding hydrogens is 376 g/mol. The van der Waals surface area contributed by atoms with Gasteiger partial charge in [-0.05, 0) is 34.6 Å². The van der Waals surface area contributed by atoms with Gasteiger partial charge in [0.1, 0.15) is 6.04 Å². The Hall–Kier alpha value is -2.67. The van der Waals surface area contributed by atoms with Crippen LogP contribution in [0.1, 0.15) is 34.4 Å². The van der Waals surface area contributed by atoms with E-state index in [1.165, 1.54) is 15.3 Å². The molecule has 1 aromatic carbocycles. The van der Waals surface area contributed by atoms with Crippen molar-refractivity contribution >= 4 is 29.1 Å². The van der Waals surface area contributed by atoms with Gasteiger partial charge in [-0.15, -0.1) is 11.3 Å². The van der Waals surface area contributed by atoms with Gasteiger partial charge in [-0.2, -0.15) is 0 Å². The number of hydrogen-bond donors (Lipinski definition) is 1. The van der Waals surface area contributed by atoms with Gasteiger partial charge < -0.3 is 14.9 Å². The van der Waals surface area contributed by atoms with Crippen LogP contribution < -0.4 is 0 Å². The number of fused-ring (bicyclic) bond motifs is 2. The molecule has 7 heteroatoms. The third kappa shape index (κ3) is 3.67. The summed E-state index contributed by atoms with van der Waals surface area (Å²) in [7, 11) is 0. The van der Waals surface area contributed by atoms with Crippen LogP contribution in [0.3, 0.4) is 0 Å². The summed E-state index contributed by atoms with van der Waals surface area (Å²) in [5.74, 6) is -1.33. The average molecular weight is 398 g/mol. The second-order valence-corrected chi connectivity index (χ2v) is 8.28. The van der Waals surface area contributed by atoms with Crippen molar-refractivity contribution in [2.75, 3.05) is 6.54 Å². The number of carbonyl (C=O) groups excluding carboxylic acids is 2. The van der Waals surface area contributed by atoms with Crippen LogP contribution in [0.4, 0.5) is 0 Å². The van der Waals surface area contributed by atoms with E-state index in [9.17, 15) is 19.5 Å². The largest absolute Gasteiger partial charge is 0.480 e. The monoisotopic (exact) mass is 398 g/mol. The smallest absolute Gasteiger partial charge is 0.326 e. The molecule has 0 saturated carbocycles. The van der Waals surface area contributed by atoms with Gasteiger partial charge >= 0.3 is 5.97 Å². The summed E-state index contributed by atoms with van der Waals surface area (Å²) in [5.41, 5.74) is 3.13. The summed E-state index contributed by atoms with van der Waals surface area (Å²) in [6.45, 7) is 1.55. The lowest BCUT2D eigenvalue weighted by Crippen LogP contribution is -2.48. The highest BCUT2D eigenvalue weighted by atomic mass is 32.1. The lowest BCUT2D eigenvalue weighted by Gasteiger charge is -2.34. The number of nitrogens with zero attached hydrogens (tertiary/aromatic N) is 2. The molecule has 0 fully saturated rings. The summed E-state index contributed by atoms with van der Waals surface area (Å²) in [6, 6.07) is 8.78. The predicted octanol–water partition coefficient (Wildman–Crippen LogP) is 2.45. The normalized spacial score (nSPS) is 18.4. The van der Waals surface area contributed by atoms with Crippen LogP contribution in [0.25, 0.3) is 0 Å². The minimum absolute atomic E-state index is 0.0395. The molecule has 0 bridgehead atoms. The molecule has 0 radical (unpaired) electrons. The van der Waals surface area contributed by atoms with E-state index in [1.807, 2.05) is 35.7 Å². The number of rotatable bonds is 4. The first-order valence-corrected chi connectivity index (χ1v) is 10.3. The zero-order valence-electron chi connectivity index (χ0n) is 15.5. The van der Waals surface area contributed by atoms with Gasteiger partial charge in [0.2, 0.25) is 11.8 Å². The molecule has 146 valence electrons. The Morgan fingerprint density at radius 3 is 2.54 bits per heavy atom. The number of carbonyl (C=O) groups is 3. The van der Waals surface area contributed by atoms with Crippen molar-refractivity contribution in [3.05, 3.63) is 57.3 Å². The lowest BCUT2D eigenvalue weighted by atomic mass is 9.93. The summed E-state index contributed by atoms with van der Waals surface area (Å²) in [4.78, 5) is 41.6. The van der Waals surface area contributed by atoms with Crippen molar-refractivity contribution in [2.24, 2.45) is 0 Å². The Morgan fingerprint density at radius 2 is 1.75 bits per heavy atom. The van der Waals surface area contributed by atoms with Crippen molar-refractivity contribution < 1.29 is 19.5 Å². The third-order valence-corrected chi connectivity index (χ3v) is 6.59. The Kier molecular flexibility index (Phi) is 5.17. The maximum atomic E-state index is 12.8. The zero-order valence-corrected chi connectivity index (χ0v) is 16.3. The van der Waals surface area contributed by atoms with Gasteiger partial charge in [-0.1, -0.05) is 24.3 Å². The minimum Gasteiger partial charge on any atom is -0.480 e. The highest BCUT2D eigenvalue weighted by Crippen LogP contribution is 2.26.